The maximum atomic E-state index is 12.1. The van der Waals surface area contributed by atoms with Gasteiger partial charge in [0.15, 0.2) is 11.8 Å². The van der Waals surface area contributed by atoms with Crippen LogP contribution < -0.4 is 10.5 Å². The topological polar surface area (TPSA) is 89.6 Å². The number of benzene rings is 1. The number of ether oxygens (including phenoxy) is 1. The molecule has 0 aliphatic rings. The van der Waals surface area contributed by atoms with Crippen LogP contribution in [0.4, 0.5) is 0 Å². The Morgan fingerprint density at radius 2 is 1.89 bits per heavy atom. The van der Waals surface area contributed by atoms with Crippen LogP contribution in [0.15, 0.2) is 18.2 Å². The molecule has 5 heteroatoms. The summed E-state index contributed by atoms with van der Waals surface area (Å²) >= 11 is 0. The summed E-state index contributed by atoms with van der Waals surface area (Å²) in [6, 6.07) is 3.57. The average Bonchev–Trinajstić information content (AvgIpc) is 2.34. The average molecular weight is 265 g/mol. The van der Waals surface area contributed by atoms with E-state index < -0.39 is 17.8 Å². The predicted molar refractivity (Wildman–Crippen MR) is 71.6 cm³/mol. The molecule has 0 aliphatic heterocycles. The van der Waals surface area contributed by atoms with E-state index in [2.05, 4.69) is 0 Å². The van der Waals surface area contributed by atoms with E-state index in [1.807, 2.05) is 26.8 Å². The highest BCUT2D eigenvalue weighted by Gasteiger charge is 2.27. The lowest BCUT2D eigenvalue weighted by Crippen LogP contribution is -2.38. The van der Waals surface area contributed by atoms with Crippen molar-refractivity contribution in [3.8, 4) is 5.75 Å². The molecule has 1 rings (SSSR count). The molecule has 0 aromatic heterocycles. The van der Waals surface area contributed by atoms with Crippen molar-refractivity contribution in [1.82, 2.24) is 0 Å². The summed E-state index contributed by atoms with van der Waals surface area (Å²) in [7, 11) is 1.43. The molecule has 0 radical (unpaired) electrons. The number of carboxylic acid groups (broad SMARTS) is 1. The van der Waals surface area contributed by atoms with Crippen molar-refractivity contribution in [2.24, 2.45) is 5.73 Å². The molecule has 0 fully saturated rings. The van der Waals surface area contributed by atoms with E-state index >= 15 is 0 Å². The number of carbonyl (C=O) groups is 2. The Balaban J connectivity index is 3.31. The zero-order chi connectivity index (χ0) is 14.8. The summed E-state index contributed by atoms with van der Waals surface area (Å²) in [5, 5.41) is 8.82. The van der Waals surface area contributed by atoms with Gasteiger partial charge < -0.3 is 15.6 Å². The Morgan fingerprint density at radius 3 is 2.32 bits per heavy atom. The quantitative estimate of drug-likeness (QED) is 0.637. The van der Waals surface area contributed by atoms with Gasteiger partial charge in [0.05, 0.1) is 12.7 Å². The number of ketones is 1. The zero-order valence-electron chi connectivity index (χ0n) is 11.6. The number of carbonyl (C=O) groups excluding carboxylic acids is 1. The smallest absolute Gasteiger partial charge is 0.328 e. The van der Waals surface area contributed by atoms with E-state index in [0.29, 0.717) is 5.75 Å². The largest absolute Gasteiger partial charge is 0.496 e. The lowest BCUT2D eigenvalue weighted by atomic mass is 9.85. The first kappa shape index (κ1) is 15.2. The number of methoxy groups -OCH3 is 1. The lowest BCUT2D eigenvalue weighted by molar-refractivity contribution is -0.137. The summed E-state index contributed by atoms with van der Waals surface area (Å²) < 4.78 is 5.09. The molecular formula is C14H19NO4. The number of Topliss-reactive ketones (excluding diaryl/α,β-unsaturated/α-hetero) is 1. The monoisotopic (exact) mass is 265 g/mol. The maximum absolute atomic E-state index is 12.1. The molecule has 0 spiro atoms. The molecule has 19 heavy (non-hydrogen) atoms. The Labute approximate surface area is 112 Å². The minimum atomic E-state index is -1.58. The van der Waals surface area contributed by atoms with Crippen LogP contribution in [0.2, 0.25) is 0 Å². The molecule has 0 aliphatic carbocycles. The Bertz CT molecular complexity index is 503. The van der Waals surface area contributed by atoms with Crippen molar-refractivity contribution in [3.05, 3.63) is 29.3 Å². The second-order valence-electron chi connectivity index (χ2n) is 5.35. The first-order valence-corrected chi connectivity index (χ1v) is 5.89. The SMILES string of the molecule is COc1ccc(C(C)(C)C)cc1C(=O)C(N)C(=O)O. The van der Waals surface area contributed by atoms with E-state index in [1.165, 1.54) is 7.11 Å². The van der Waals surface area contributed by atoms with Crippen LogP contribution in [0.3, 0.4) is 0 Å². The van der Waals surface area contributed by atoms with Gasteiger partial charge in [0.2, 0.25) is 0 Å². The van der Waals surface area contributed by atoms with E-state index in [4.69, 9.17) is 15.6 Å². The molecule has 0 saturated heterocycles. The number of aliphatic carboxylic acids is 1. The van der Waals surface area contributed by atoms with Gasteiger partial charge in [0.25, 0.3) is 0 Å². The van der Waals surface area contributed by atoms with E-state index in [0.717, 1.165) is 5.56 Å². The predicted octanol–water partition coefficient (Wildman–Crippen LogP) is 1.59. The molecule has 0 amide bonds. The van der Waals surface area contributed by atoms with Crippen molar-refractivity contribution in [1.29, 1.82) is 0 Å². The van der Waals surface area contributed by atoms with Gasteiger partial charge in [-0.25, -0.2) is 0 Å². The highest BCUT2D eigenvalue weighted by molar-refractivity contribution is 6.12. The normalized spacial score (nSPS) is 12.9. The molecule has 0 heterocycles. The first-order valence-electron chi connectivity index (χ1n) is 5.89. The van der Waals surface area contributed by atoms with Gasteiger partial charge in [0.1, 0.15) is 5.75 Å². The van der Waals surface area contributed by atoms with Crippen LogP contribution in [-0.2, 0) is 10.2 Å². The standard InChI is InChI=1S/C14H19NO4/c1-14(2,3)8-5-6-10(19-4)9(7-8)12(16)11(15)13(17)18/h5-7,11H,15H2,1-4H3,(H,17,18). The van der Waals surface area contributed by atoms with E-state index in [1.54, 1.807) is 12.1 Å². The van der Waals surface area contributed by atoms with Gasteiger partial charge in [-0.1, -0.05) is 26.8 Å². The zero-order valence-corrected chi connectivity index (χ0v) is 11.6. The van der Waals surface area contributed by atoms with Crippen molar-refractivity contribution >= 4 is 11.8 Å². The van der Waals surface area contributed by atoms with Crippen LogP contribution in [0.5, 0.6) is 5.75 Å². The first-order chi connectivity index (χ1) is 8.68. The summed E-state index contributed by atoms with van der Waals surface area (Å²) in [6.07, 6.45) is 0. The van der Waals surface area contributed by atoms with Crippen LogP contribution in [0.25, 0.3) is 0 Å². The second-order valence-corrected chi connectivity index (χ2v) is 5.35. The second kappa shape index (κ2) is 5.40. The Hall–Kier alpha value is -1.88. The fraction of sp³-hybridized carbons (Fsp3) is 0.429. The Kier molecular flexibility index (Phi) is 4.32. The third-order valence-electron chi connectivity index (χ3n) is 2.88. The molecule has 1 aromatic rings. The molecule has 5 nitrogen and oxygen atoms in total. The van der Waals surface area contributed by atoms with E-state index in [-0.39, 0.29) is 11.0 Å². The van der Waals surface area contributed by atoms with E-state index in [9.17, 15) is 9.59 Å². The van der Waals surface area contributed by atoms with Gasteiger partial charge in [0, 0.05) is 0 Å². The Morgan fingerprint density at radius 1 is 1.32 bits per heavy atom. The number of carboxylic acids is 1. The molecule has 0 saturated carbocycles. The van der Waals surface area contributed by atoms with Crippen LogP contribution in [-0.4, -0.2) is 30.0 Å². The van der Waals surface area contributed by atoms with Crippen molar-refractivity contribution in [2.45, 2.75) is 32.2 Å². The highest BCUT2D eigenvalue weighted by Crippen LogP contribution is 2.28. The van der Waals surface area contributed by atoms with Gasteiger partial charge in [-0.2, -0.15) is 0 Å². The molecule has 104 valence electrons. The summed E-state index contributed by atoms with van der Waals surface area (Å²) in [5.74, 6) is -1.68. The molecule has 1 unspecified atom stereocenters. The number of hydrogen-bond acceptors (Lipinski definition) is 4. The van der Waals surface area contributed by atoms with Crippen molar-refractivity contribution in [2.75, 3.05) is 7.11 Å². The molecule has 1 atom stereocenters. The fourth-order valence-corrected chi connectivity index (χ4v) is 1.65. The number of hydrogen-bond donors (Lipinski definition) is 2. The van der Waals surface area contributed by atoms with Crippen molar-refractivity contribution < 1.29 is 19.4 Å². The molecule has 0 bridgehead atoms. The van der Waals surface area contributed by atoms with Gasteiger partial charge in [-0.05, 0) is 23.1 Å². The van der Waals surface area contributed by atoms with Gasteiger partial charge >= 0.3 is 5.97 Å². The number of nitrogens with two attached hydrogens (primary N) is 1. The maximum Gasteiger partial charge on any atom is 0.328 e. The number of rotatable bonds is 4. The summed E-state index contributed by atoms with van der Waals surface area (Å²) in [4.78, 5) is 22.9. The fourth-order valence-electron chi connectivity index (χ4n) is 1.65. The molecule has 3 N–H and O–H groups in total. The minimum Gasteiger partial charge on any atom is -0.496 e. The highest BCUT2D eigenvalue weighted by atomic mass is 16.5. The minimum absolute atomic E-state index is 0.158. The van der Waals surface area contributed by atoms with Gasteiger partial charge in [-0.3, -0.25) is 9.59 Å². The molecular weight excluding hydrogens is 246 g/mol. The van der Waals surface area contributed by atoms with Crippen molar-refractivity contribution in [3.63, 3.8) is 0 Å². The lowest BCUT2D eigenvalue weighted by Gasteiger charge is -2.21. The summed E-state index contributed by atoms with van der Waals surface area (Å²) in [5.41, 5.74) is 6.32. The third-order valence-corrected chi connectivity index (χ3v) is 2.88. The van der Waals surface area contributed by atoms with Gasteiger partial charge in [-0.15, -0.1) is 0 Å². The molecule has 1 aromatic carbocycles. The van der Waals surface area contributed by atoms with Crippen LogP contribution >= 0.6 is 0 Å². The van der Waals surface area contributed by atoms with Crippen LogP contribution in [0.1, 0.15) is 36.7 Å². The third kappa shape index (κ3) is 3.32. The summed E-state index contributed by atoms with van der Waals surface area (Å²) in [6.45, 7) is 6.00. The van der Waals surface area contributed by atoms with Crippen LogP contribution in [0, 0.1) is 0 Å².